The summed E-state index contributed by atoms with van der Waals surface area (Å²) in [6.45, 7) is 1.79. The molecule has 0 saturated heterocycles. The average Bonchev–Trinajstić information content (AvgIpc) is 2.39. The van der Waals surface area contributed by atoms with Crippen molar-refractivity contribution in [3.8, 4) is 0 Å². The van der Waals surface area contributed by atoms with Gasteiger partial charge in [0.1, 0.15) is 0 Å². The minimum Gasteiger partial charge on any atom is -0.282 e. The lowest BCUT2D eigenvalue weighted by atomic mass is 10.2. The van der Waals surface area contributed by atoms with Gasteiger partial charge in [-0.05, 0) is 36.8 Å². The van der Waals surface area contributed by atoms with E-state index in [0.29, 0.717) is 0 Å². The summed E-state index contributed by atoms with van der Waals surface area (Å²) in [7, 11) is -7.31. The molecular weight excluding hydrogens is 324 g/mol. The molecule has 0 spiro atoms. The van der Waals surface area contributed by atoms with Crippen molar-refractivity contribution in [1.29, 1.82) is 0 Å². The maximum Gasteiger partial charge on any atom is 0.261 e. The number of hydrogen-bond donors (Lipinski definition) is 2. The van der Waals surface area contributed by atoms with E-state index in [9.17, 15) is 16.8 Å². The first kappa shape index (κ1) is 16.3. The first-order valence-corrected chi connectivity index (χ1v) is 9.71. The van der Waals surface area contributed by atoms with Gasteiger partial charge >= 0.3 is 0 Å². The zero-order valence-electron chi connectivity index (χ0n) is 12.1. The van der Waals surface area contributed by atoms with Crippen LogP contribution in [0.1, 0.15) is 5.56 Å². The number of anilines is 2. The Hall–Kier alpha value is -2.06. The van der Waals surface area contributed by atoms with Gasteiger partial charge in [0.25, 0.3) is 10.0 Å². The second kappa shape index (κ2) is 5.98. The molecule has 2 N–H and O–H groups in total. The Kier molecular flexibility index (Phi) is 4.43. The van der Waals surface area contributed by atoms with E-state index in [1.807, 2.05) is 0 Å². The van der Waals surface area contributed by atoms with Crippen LogP contribution in [0.15, 0.2) is 53.4 Å². The molecule has 0 saturated carbocycles. The highest BCUT2D eigenvalue weighted by molar-refractivity contribution is 7.93. The van der Waals surface area contributed by atoms with Gasteiger partial charge in [0.2, 0.25) is 10.0 Å². The fraction of sp³-hybridized carbons (Fsp3) is 0.143. The normalized spacial score (nSPS) is 11.9. The maximum absolute atomic E-state index is 12.4. The van der Waals surface area contributed by atoms with Crippen LogP contribution in [0.3, 0.4) is 0 Å². The summed E-state index contributed by atoms with van der Waals surface area (Å²) in [6, 6.07) is 12.6. The molecule has 0 aliphatic rings. The molecule has 8 heteroatoms. The monoisotopic (exact) mass is 340 g/mol. The van der Waals surface area contributed by atoms with Gasteiger partial charge in [0.15, 0.2) is 0 Å². The van der Waals surface area contributed by atoms with Gasteiger partial charge in [-0.2, -0.15) is 0 Å². The van der Waals surface area contributed by atoms with Crippen molar-refractivity contribution in [3.63, 3.8) is 0 Å². The average molecular weight is 340 g/mol. The third-order valence-corrected chi connectivity index (χ3v) is 4.72. The molecule has 0 aliphatic carbocycles. The second-order valence-electron chi connectivity index (χ2n) is 4.84. The minimum atomic E-state index is -3.80. The Morgan fingerprint density at radius 3 is 1.95 bits per heavy atom. The molecule has 0 unspecified atom stereocenters. The zero-order valence-corrected chi connectivity index (χ0v) is 13.7. The lowest BCUT2D eigenvalue weighted by Gasteiger charge is -2.13. The number of aryl methyl sites for hydroxylation is 1. The highest BCUT2D eigenvalue weighted by Crippen LogP contribution is 2.25. The lowest BCUT2D eigenvalue weighted by Crippen LogP contribution is -2.16. The molecule has 0 heterocycles. The predicted octanol–water partition coefficient (Wildman–Crippen LogP) is 2.17. The Bertz CT molecular complexity index is 891. The minimum absolute atomic E-state index is 0.113. The third kappa shape index (κ3) is 4.22. The van der Waals surface area contributed by atoms with Crippen LogP contribution in [0.4, 0.5) is 11.4 Å². The summed E-state index contributed by atoms with van der Waals surface area (Å²) in [5.74, 6) is 0. The van der Waals surface area contributed by atoms with Crippen molar-refractivity contribution in [2.45, 2.75) is 11.8 Å². The van der Waals surface area contributed by atoms with Gasteiger partial charge in [0, 0.05) is 0 Å². The topological polar surface area (TPSA) is 92.3 Å². The van der Waals surface area contributed by atoms with E-state index in [-0.39, 0.29) is 16.3 Å². The van der Waals surface area contributed by atoms with Crippen molar-refractivity contribution < 1.29 is 16.8 Å². The van der Waals surface area contributed by atoms with Crippen LogP contribution in [0, 0.1) is 6.92 Å². The van der Waals surface area contributed by atoms with Crippen LogP contribution in [-0.2, 0) is 20.0 Å². The molecule has 2 rings (SSSR count). The van der Waals surface area contributed by atoms with Gasteiger partial charge in [-0.25, -0.2) is 16.8 Å². The third-order valence-electron chi connectivity index (χ3n) is 2.77. The van der Waals surface area contributed by atoms with E-state index in [0.717, 1.165) is 11.8 Å². The molecule has 0 fully saturated rings. The lowest BCUT2D eigenvalue weighted by molar-refractivity contribution is 0.600. The second-order valence-corrected chi connectivity index (χ2v) is 8.27. The van der Waals surface area contributed by atoms with Gasteiger partial charge in [-0.15, -0.1) is 0 Å². The standard InChI is InChI=1S/C14H16N2O4S2/c1-11-6-5-7-12(10-11)22(19,20)16-14-9-4-3-8-13(14)15-21(2,17)18/h3-10,15-16H,1-2H3. The first-order chi connectivity index (χ1) is 10.2. The summed E-state index contributed by atoms with van der Waals surface area (Å²) >= 11 is 0. The summed E-state index contributed by atoms with van der Waals surface area (Å²) < 4.78 is 52.1. The molecule has 2 aromatic carbocycles. The smallest absolute Gasteiger partial charge is 0.261 e. The summed E-state index contributed by atoms with van der Waals surface area (Å²) in [6.07, 6.45) is 0.999. The molecule has 0 amide bonds. The van der Waals surface area contributed by atoms with Crippen molar-refractivity contribution in [2.75, 3.05) is 15.7 Å². The van der Waals surface area contributed by atoms with E-state index in [1.165, 1.54) is 24.3 Å². The van der Waals surface area contributed by atoms with Crippen LogP contribution in [0.25, 0.3) is 0 Å². The molecule has 0 aliphatic heterocycles. The zero-order chi connectivity index (χ0) is 16.4. The molecule has 2 aromatic rings. The largest absolute Gasteiger partial charge is 0.282 e. The molecule has 6 nitrogen and oxygen atoms in total. The van der Waals surface area contributed by atoms with Crippen LogP contribution in [0.2, 0.25) is 0 Å². The Morgan fingerprint density at radius 2 is 1.41 bits per heavy atom. The summed E-state index contributed by atoms with van der Waals surface area (Å²) in [5, 5.41) is 0. The maximum atomic E-state index is 12.4. The highest BCUT2D eigenvalue weighted by atomic mass is 32.2. The van der Waals surface area contributed by atoms with E-state index in [1.54, 1.807) is 31.2 Å². The predicted molar refractivity (Wildman–Crippen MR) is 86.9 cm³/mol. The van der Waals surface area contributed by atoms with E-state index < -0.39 is 20.0 Å². The fourth-order valence-electron chi connectivity index (χ4n) is 1.85. The number of para-hydroxylation sites is 2. The number of benzene rings is 2. The summed E-state index contributed by atoms with van der Waals surface area (Å²) in [4.78, 5) is 0.113. The van der Waals surface area contributed by atoms with Crippen molar-refractivity contribution in [2.24, 2.45) is 0 Å². The molecule has 0 atom stereocenters. The number of sulfonamides is 2. The molecule has 0 radical (unpaired) electrons. The molecular formula is C14H16N2O4S2. The molecule has 0 aromatic heterocycles. The first-order valence-electron chi connectivity index (χ1n) is 6.34. The van der Waals surface area contributed by atoms with Crippen LogP contribution >= 0.6 is 0 Å². The molecule has 22 heavy (non-hydrogen) atoms. The highest BCUT2D eigenvalue weighted by Gasteiger charge is 2.17. The fourth-order valence-corrected chi connectivity index (χ4v) is 3.61. The Balaban J connectivity index is 2.38. The number of hydrogen-bond acceptors (Lipinski definition) is 4. The van der Waals surface area contributed by atoms with Gasteiger partial charge < -0.3 is 0 Å². The van der Waals surface area contributed by atoms with Gasteiger partial charge in [0.05, 0.1) is 22.5 Å². The van der Waals surface area contributed by atoms with Gasteiger partial charge in [-0.3, -0.25) is 9.44 Å². The van der Waals surface area contributed by atoms with Crippen molar-refractivity contribution in [3.05, 3.63) is 54.1 Å². The van der Waals surface area contributed by atoms with Gasteiger partial charge in [-0.1, -0.05) is 24.3 Å². The van der Waals surface area contributed by atoms with Crippen molar-refractivity contribution >= 4 is 31.4 Å². The molecule has 118 valence electrons. The number of nitrogens with one attached hydrogen (secondary N) is 2. The van der Waals surface area contributed by atoms with Crippen LogP contribution in [-0.4, -0.2) is 23.1 Å². The quantitative estimate of drug-likeness (QED) is 0.872. The van der Waals surface area contributed by atoms with E-state index >= 15 is 0 Å². The van der Waals surface area contributed by atoms with Crippen molar-refractivity contribution in [1.82, 2.24) is 0 Å². The van der Waals surface area contributed by atoms with Crippen LogP contribution in [0.5, 0.6) is 0 Å². The Morgan fingerprint density at radius 1 is 0.818 bits per heavy atom. The van der Waals surface area contributed by atoms with E-state index in [2.05, 4.69) is 9.44 Å². The Labute approximate surface area is 130 Å². The van der Waals surface area contributed by atoms with E-state index in [4.69, 9.17) is 0 Å². The SMILES string of the molecule is Cc1cccc(S(=O)(=O)Nc2ccccc2NS(C)(=O)=O)c1. The molecule has 0 bridgehead atoms. The number of rotatable bonds is 5. The van der Waals surface area contributed by atoms with Crippen LogP contribution < -0.4 is 9.44 Å². The summed E-state index contributed by atoms with van der Waals surface area (Å²) in [5.41, 5.74) is 1.14.